The number of hydrogen-bond acceptors (Lipinski definition) is 5. The van der Waals surface area contributed by atoms with Crippen molar-refractivity contribution in [3.63, 3.8) is 0 Å². The minimum atomic E-state index is -1.07. The second-order valence-corrected chi connectivity index (χ2v) is 10.7. The first-order valence-electron chi connectivity index (χ1n) is 10.7. The third-order valence-corrected chi connectivity index (χ3v) is 8.56. The maximum absolute atomic E-state index is 13.1. The van der Waals surface area contributed by atoms with Gasteiger partial charge in [0.1, 0.15) is 0 Å². The van der Waals surface area contributed by atoms with Gasteiger partial charge in [-0.1, -0.05) is 54.1 Å². The van der Waals surface area contributed by atoms with Crippen LogP contribution in [0.4, 0.5) is 11.4 Å². The Morgan fingerprint density at radius 2 is 1.76 bits per heavy atom. The fourth-order valence-electron chi connectivity index (χ4n) is 4.46. The number of para-hydroxylation sites is 1. The predicted octanol–water partition coefficient (Wildman–Crippen LogP) is 5.94. The molecule has 2 amide bonds. The number of carbonyl (C=O) groups excluding carboxylic acids is 2. The number of nitrogens with zero attached hydrogens (tertiary/aromatic N) is 2. The Labute approximate surface area is 209 Å². The van der Waals surface area contributed by atoms with Gasteiger partial charge >= 0.3 is 0 Å². The number of amides is 2. The molecule has 1 atom stereocenters. The molecule has 1 saturated heterocycles. The molecule has 3 aromatic carbocycles. The number of thioether (sulfide) groups is 1. The molecule has 0 bridgehead atoms. The number of thiazole rings is 1. The number of rotatable bonds is 4. The lowest BCUT2D eigenvalue weighted by molar-refractivity contribution is -0.122. The average molecular weight is 504 g/mol. The molecule has 1 N–H and O–H groups in total. The first-order valence-corrected chi connectivity index (χ1v) is 13.0. The third-order valence-electron chi connectivity index (χ3n) is 6.06. The second kappa shape index (κ2) is 8.27. The predicted molar refractivity (Wildman–Crippen MR) is 139 cm³/mol. The van der Waals surface area contributed by atoms with Gasteiger partial charge in [0.05, 0.1) is 16.5 Å². The van der Waals surface area contributed by atoms with Crippen molar-refractivity contribution in [2.45, 2.75) is 11.3 Å². The highest BCUT2D eigenvalue weighted by molar-refractivity contribution is 8.02. The lowest BCUT2D eigenvalue weighted by Crippen LogP contribution is -2.47. The van der Waals surface area contributed by atoms with Crippen LogP contribution >= 0.6 is 34.7 Å². The van der Waals surface area contributed by atoms with E-state index in [0.29, 0.717) is 5.69 Å². The number of nitrogens with one attached hydrogen (secondary N) is 1. The summed E-state index contributed by atoms with van der Waals surface area (Å²) in [6.45, 7) is 0. The molecular formula is C26H18ClN3O2S2. The standard InChI is InChI=1S/C26H18ClN3O2S2/c27-18-9-5-16(6-10-18)13-23-28-22(14-33-23)17-7-11-19(12-8-17)30-24(31)15-34-26(30)20-3-1-2-4-21(20)29-25(26)32/h1-12,14H,13,15H2,(H,29,32). The highest BCUT2D eigenvalue weighted by Gasteiger charge is 2.58. The van der Waals surface area contributed by atoms with Gasteiger partial charge in [0.2, 0.25) is 10.8 Å². The fourth-order valence-corrected chi connectivity index (χ4v) is 6.74. The van der Waals surface area contributed by atoms with E-state index in [1.807, 2.05) is 78.2 Å². The van der Waals surface area contributed by atoms with Crippen molar-refractivity contribution < 1.29 is 9.59 Å². The molecule has 8 heteroatoms. The molecule has 6 rings (SSSR count). The van der Waals surface area contributed by atoms with Gasteiger partial charge in [-0.05, 0) is 35.9 Å². The molecule has 0 aliphatic carbocycles. The number of aromatic nitrogens is 1. The van der Waals surface area contributed by atoms with Crippen molar-refractivity contribution in [2.24, 2.45) is 0 Å². The van der Waals surface area contributed by atoms with E-state index in [2.05, 4.69) is 5.32 Å². The number of hydrogen-bond donors (Lipinski definition) is 1. The second-order valence-electron chi connectivity index (χ2n) is 8.14. The molecule has 2 aliphatic rings. The summed E-state index contributed by atoms with van der Waals surface area (Å²) in [5.41, 5.74) is 5.29. The number of halogens is 1. The summed E-state index contributed by atoms with van der Waals surface area (Å²) in [6.07, 6.45) is 0.746. The van der Waals surface area contributed by atoms with Crippen LogP contribution in [0.3, 0.4) is 0 Å². The molecule has 5 nitrogen and oxygen atoms in total. The minimum Gasteiger partial charge on any atom is -0.323 e. The van der Waals surface area contributed by atoms with Gasteiger partial charge in [-0.25, -0.2) is 4.98 Å². The highest BCUT2D eigenvalue weighted by Crippen LogP contribution is 2.53. The monoisotopic (exact) mass is 503 g/mol. The van der Waals surface area contributed by atoms with Crippen LogP contribution in [0.2, 0.25) is 5.02 Å². The zero-order chi connectivity index (χ0) is 23.3. The number of carbonyl (C=O) groups is 2. The van der Waals surface area contributed by atoms with Crippen molar-refractivity contribution in [3.8, 4) is 11.3 Å². The van der Waals surface area contributed by atoms with Gasteiger partial charge in [-0.2, -0.15) is 0 Å². The van der Waals surface area contributed by atoms with E-state index in [1.54, 1.807) is 16.2 Å². The van der Waals surface area contributed by atoms with Crippen molar-refractivity contribution in [3.05, 3.63) is 99.3 Å². The summed E-state index contributed by atoms with van der Waals surface area (Å²) in [5.74, 6) is -0.00704. The van der Waals surface area contributed by atoms with E-state index < -0.39 is 4.87 Å². The van der Waals surface area contributed by atoms with Gasteiger partial charge < -0.3 is 5.32 Å². The van der Waals surface area contributed by atoms with Crippen LogP contribution in [0, 0.1) is 0 Å². The van der Waals surface area contributed by atoms with Crippen LogP contribution in [-0.2, 0) is 20.9 Å². The Bertz CT molecular complexity index is 1420. The van der Waals surface area contributed by atoms with E-state index in [-0.39, 0.29) is 17.6 Å². The number of benzene rings is 3. The first kappa shape index (κ1) is 21.4. The Morgan fingerprint density at radius 1 is 1.00 bits per heavy atom. The van der Waals surface area contributed by atoms with E-state index in [4.69, 9.17) is 16.6 Å². The van der Waals surface area contributed by atoms with Gasteiger partial charge in [0.25, 0.3) is 5.91 Å². The van der Waals surface area contributed by atoms with Crippen LogP contribution in [0.1, 0.15) is 16.1 Å². The van der Waals surface area contributed by atoms with Gasteiger partial charge in [0.15, 0.2) is 0 Å². The highest BCUT2D eigenvalue weighted by atomic mass is 35.5. The summed E-state index contributed by atoms with van der Waals surface area (Å²) in [4.78, 5) is 31.4. The maximum atomic E-state index is 13.1. The summed E-state index contributed by atoms with van der Waals surface area (Å²) in [6, 6.07) is 23.1. The Morgan fingerprint density at radius 3 is 2.56 bits per heavy atom. The van der Waals surface area contributed by atoms with Crippen molar-refractivity contribution >= 4 is 57.9 Å². The molecule has 0 radical (unpaired) electrons. The summed E-state index contributed by atoms with van der Waals surface area (Å²) in [7, 11) is 0. The van der Waals surface area contributed by atoms with Gasteiger partial charge in [-0.3, -0.25) is 14.5 Å². The molecule has 168 valence electrons. The summed E-state index contributed by atoms with van der Waals surface area (Å²) < 4.78 is 0. The van der Waals surface area contributed by atoms with E-state index in [9.17, 15) is 9.59 Å². The van der Waals surface area contributed by atoms with Crippen molar-refractivity contribution in [1.82, 2.24) is 4.98 Å². The SMILES string of the molecule is O=C1CSC2(C(=O)Nc3ccccc32)N1c1ccc(-c2csc(Cc3ccc(Cl)cc3)n2)cc1. The molecule has 0 saturated carbocycles. The molecular weight excluding hydrogens is 486 g/mol. The lowest BCUT2D eigenvalue weighted by Gasteiger charge is -2.32. The average Bonchev–Trinajstić information content (AvgIpc) is 3.53. The van der Waals surface area contributed by atoms with Crippen molar-refractivity contribution in [1.29, 1.82) is 0 Å². The number of anilines is 2. The van der Waals surface area contributed by atoms with Crippen LogP contribution in [0.25, 0.3) is 11.3 Å². The van der Waals surface area contributed by atoms with Gasteiger partial charge in [-0.15, -0.1) is 23.1 Å². The zero-order valence-electron chi connectivity index (χ0n) is 17.8. The van der Waals surface area contributed by atoms with Crippen LogP contribution in [-0.4, -0.2) is 22.6 Å². The minimum absolute atomic E-state index is 0.0801. The Kier molecular flexibility index (Phi) is 5.21. The molecule has 1 aromatic heterocycles. The third kappa shape index (κ3) is 3.43. The summed E-state index contributed by atoms with van der Waals surface area (Å²) in [5, 5.41) is 6.73. The molecule has 2 aliphatic heterocycles. The maximum Gasteiger partial charge on any atom is 0.266 e. The molecule has 3 heterocycles. The van der Waals surface area contributed by atoms with Crippen molar-refractivity contribution in [2.75, 3.05) is 16.0 Å². The Balaban J connectivity index is 1.29. The summed E-state index contributed by atoms with van der Waals surface area (Å²) >= 11 is 8.96. The zero-order valence-corrected chi connectivity index (χ0v) is 20.2. The topological polar surface area (TPSA) is 62.3 Å². The van der Waals surface area contributed by atoms with E-state index in [0.717, 1.165) is 44.5 Å². The molecule has 34 heavy (non-hydrogen) atoms. The molecule has 1 fully saturated rings. The Hall–Kier alpha value is -3.13. The van der Waals surface area contributed by atoms with Crippen LogP contribution in [0.5, 0.6) is 0 Å². The van der Waals surface area contributed by atoms with Crippen LogP contribution in [0.15, 0.2) is 78.2 Å². The lowest BCUT2D eigenvalue weighted by atomic mass is 10.0. The largest absolute Gasteiger partial charge is 0.323 e. The fraction of sp³-hybridized carbons (Fsp3) is 0.115. The van der Waals surface area contributed by atoms with E-state index >= 15 is 0 Å². The molecule has 4 aromatic rings. The first-order chi connectivity index (χ1) is 16.5. The van der Waals surface area contributed by atoms with Gasteiger partial charge in [0, 0.05) is 39.3 Å². The number of fused-ring (bicyclic) bond motifs is 2. The smallest absolute Gasteiger partial charge is 0.266 e. The normalized spacial score (nSPS) is 19.0. The molecule has 1 spiro atoms. The quantitative estimate of drug-likeness (QED) is 0.374. The molecule has 1 unspecified atom stereocenters. The van der Waals surface area contributed by atoms with Crippen LogP contribution < -0.4 is 10.2 Å². The van der Waals surface area contributed by atoms with E-state index in [1.165, 1.54) is 11.8 Å².